The summed E-state index contributed by atoms with van der Waals surface area (Å²) in [5.41, 5.74) is 5.73. The standard InChI is InChI=1S/C18H20FN5O3/c1-23-15(12-5-4-11(27-2)8-13(12)19)10-24-9-14(22-16(24)18(23)26)17(25)21-7-3-6-20/h4-5,8-10H,3,6-7,20H2,1-2H3,(H,21,25). The predicted octanol–water partition coefficient (Wildman–Crippen LogP) is 0.926. The minimum absolute atomic E-state index is 0.0825. The molecule has 0 aliphatic heterocycles. The van der Waals surface area contributed by atoms with Crippen molar-refractivity contribution in [3.63, 3.8) is 0 Å². The van der Waals surface area contributed by atoms with Crippen LogP contribution in [0.25, 0.3) is 16.9 Å². The zero-order valence-electron chi connectivity index (χ0n) is 15.0. The minimum atomic E-state index is -0.524. The number of carbonyl (C=O) groups excluding carboxylic acids is 1. The van der Waals surface area contributed by atoms with Crippen molar-refractivity contribution in [2.75, 3.05) is 20.2 Å². The normalized spacial score (nSPS) is 11.0. The molecule has 0 atom stereocenters. The zero-order valence-corrected chi connectivity index (χ0v) is 15.0. The number of aromatic nitrogens is 3. The molecule has 1 aromatic carbocycles. The van der Waals surface area contributed by atoms with Crippen LogP contribution < -0.4 is 21.3 Å². The SMILES string of the molecule is COc1ccc(-c2cn3cc(C(=O)NCCCN)nc3c(=O)n2C)c(F)c1. The van der Waals surface area contributed by atoms with Gasteiger partial charge >= 0.3 is 0 Å². The maximum atomic E-state index is 14.4. The Bertz CT molecular complexity index is 1060. The van der Waals surface area contributed by atoms with Crippen molar-refractivity contribution < 1.29 is 13.9 Å². The van der Waals surface area contributed by atoms with Crippen molar-refractivity contribution in [3.05, 3.63) is 52.5 Å². The van der Waals surface area contributed by atoms with Crippen LogP contribution in [-0.2, 0) is 7.05 Å². The fourth-order valence-corrected chi connectivity index (χ4v) is 2.71. The van der Waals surface area contributed by atoms with E-state index in [1.807, 2.05) is 0 Å². The molecular formula is C18H20FN5O3. The summed E-state index contributed by atoms with van der Waals surface area (Å²) < 4.78 is 22.2. The maximum absolute atomic E-state index is 14.4. The van der Waals surface area contributed by atoms with Gasteiger partial charge < -0.3 is 20.4 Å². The monoisotopic (exact) mass is 373 g/mol. The molecule has 0 bridgehead atoms. The smallest absolute Gasteiger partial charge is 0.294 e. The summed E-state index contributed by atoms with van der Waals surface area (Å²) in [5.74, 6) is -0.545. The summed E-state index contributed by atoms with van der Waals surface area (Å²) >= 11 is 0. The van der Waals surface area contributed by atoms with Crippen molar-refractivity contribution in [1.29, 1.82) is 0 Å². The lowest BCUT2D eigenvalue weighted by molar-refractivity contribution is 0.0949. The van der Waals surface area contributed by atoms with E-state index in [0.717, 1.165) is 0 Å². The van der Waals surface area contributed by atoms with Crippen LogP contribution in [0, 0.1) is 5.82 Å². The highest BCUT2D eigenvalue weighted by Crippen LogP contribution is 2.25. The van der Waals surface area contributed by atoms with E-state index in [4.69, 9.17) is 10.5 Å². The van der Waals surface area contributed by atoms with Crippen LogP contribution in [0.5, 0.6) is 5.75 Å². The summed E-state index contributed by atoms with van der Waals surface area (Å²) in [7, 11) is 2.97. The molecule has 142 valence electrons. The Balaban J connectivity index is 2.05. The van der Waals surface area contributed by atoms with Gasteiger partial charge in [-0.2, -0.15) is 0 Å². The molecule has 8 nitrogen and oxygen atoms in total. The zero-order chi connectivity index (χ0) is 19.6. The van der Waals surface area contributed by atoms with Gasteiger partial charge in [-0.3, -0.25) is 14.0 Å². The molecule has 0 spiro atoms. The number of imidazole rings is 1. The number of carbonyl (C=O) groups is 1. The Labute approximate surface area is 154 Å². The van der Waals surface area contributed by atoms with Gasteiger partial charge in [-0.15, -0.1) is 0 Å². The molecule has 0 saturated carbocycles. The molecule has 2 heterocycles. The number of nitrogens with zero attached hydrogens (tertiary/aromatic N) is 3. The number of halogens is 1. The summed E-state index contributed by atoms with van der Waals surface area (Å²) in [4.78, 5) is 28.9. The van der Waals surface area contributed by atoms with Gasteiger partial charge in [0.25, 0.3) is 11.5 Å². The van der Waals surface area contributed by atoms with E-state index in [1.54, 1.807) is 12.3 Å². The van der Waals surface area contributed by atoms with Gasteiger partial charge in [0.2, 0.25) is 5.65 Å². The van der Waals surface area contributed by atoms with E-state index in [0.29, 0.717) is 31.0 Å². The second-order valence-electron chi connectivity index (χ2n) is 5.98. The number of nitrogens with one attached hydrogen (secondary N) is 1. The van der Waals surface area contributed by atoms with Gasteiger partial charge in [-0.05, 0) is 25.1 Å². The van der Waals surface area contributed by atoms with Crippen molar-refractivity contribution in [3.8, 4) is 17.0 Å². The van der Waals surface area contributed by atoms with Crippen LogP contribution in [0.1, 0.15) is 16.9 Å². The van der Waals surface area contributed by atoms with Crippen molar-refractivity contribution in [2.24, 2.45) is 12.8 Å². The topological polar surface area (TPSA) is 104 Å². The van der Waals surface area contributed by atoms with Gasteiger partial charge in [0, 0.05) is 37.6 Å². The Kier molecular flexibility index (Phi) is 5.22. The van der Waals surface area contributed by atoms with Gasteiger partial charge in [-0.25, -0.2) is 9.37 Å². The first-order chi connectivity index (χ1) is 13.0. The molecule has 2 aromatic heterocycles. The lowest BCUT2D eigenvalue weighted by Gasteiger charge is -2.11. The second kappa shape index (κ2) is 7.58. The molecule has 3 rings (SSSR count). The first-order valence-electron chi connectivity index (χ1n) is 8.37. The third kappa shape index (κ3) is 3.54. The minimum Gasteiger partial charge on any atom is -0.497 e. The first-order valence-corrected chi connectivity index (χ1v) is 8.37. The third-order valence-corrected chi connectivity index (χ3v) is 4.20. The molecule has 3 aromatic rings. The molecule has 27 heavy (non-hydrogen) atoms. The van der Waals surface area contributed by atoms with E-state index in [9.17, 15) is 14.0 Å². The number of benzene rings is 1. The summed E-state index contributed by atoms with van der Waals surface area (Å²) in [6, 6.07) is 4.39. The van der Waals surface area contributed by atoms with E-state index >= 15 is 0 Å². The van der Waals surface area contributed by atoms with Crippen LogP contribution in [0.3, 0.4) is 0 Å². The first kappa shape index (κ1) is 18.6. The van der Waals surface area contributed by atoms with Crippen LogP contribution >= 0.6 is 0 Å². The van der Waals surface area contributed by atoms with Gasteiger partial charge in [0.05, 0.1) is 12.8 Å². The summed E-state index contributed by atoms with van der Waals surface area (Å²) in [5, 5.41) is 2.69. The Morgan fingerprint density at radius 3 is 2.81 bits per heavy atom. The molecule has 3 N–H and O–H groups in total. The summed E-state index contributed by atoms with van der Waals surface area (Å²) in [6.45, 7) is 0.881. The van der Waals surface area contributed by atoms with Crippen LogP contribution in [0.15, 0.2) is 35.4 Å². The largest absolute Gasteiger partial charge is 0.497 e. The number of ether oxygens (including phenoxy) is 1. The van der Waals surface area contributed by atoms with Crippen molar-refractivity contribution in [2.45, 2.75) is 6.42 Å². The predicted molar refractivity (Wildman–Crippen MR) is 98.4 cm³/mol. The molecule has 0 aliphatic rings. The number of hydrogen-bond donors (Lipinski definition) is 2. The van der Waals surface area contributed by atoms with Crippen molar-refractivity contribution in [1.82, 2.24) is 19.3 Å². The van der Waals surface area contributed by atoms with Crippen LogP contribution in [0.4, 0.5) is 4.39 Å². The fourth-order valence-electron chi connectivity index (χ4n) is 2.71. The van der Waals surface area contributed by atoms with Crippen LogP contribution in [0.2, 0.25) is 0 Å². The van der Waals surface area contributed by atoms with E-state index in [-0.39, 0.29) is 16.9 Å². The van der Waals surface area contributed by atoms with Gasteiger partial charge in [-0.1, -0.05) is 0 Å². The Hall–Kier alpha value is -3.20. The lowest BCUT2D eigenvalue weighted by Crippen LogP contribution is -2.26. The number of nitrogens with two attached hydrogens (primary N) is 1. The number of methoxy groups -OCH3 is 1. The molecule has 9 heteroatoms. The maximum Gasteiger partial charge on any atom is 0.294 e. The van der Waals surface area contributed by atoms with E-state index in [1.165, 1.54) is 41.5 Å². The van der Waals surface area contributed by atoms with Crippen molar-refractivity contribution >= 4 is 11.6 Å². The van der Waals surface area contributed by atoms with E-state index < -0.39 is 17.3 Å². The van der Waals surface area contributed by atoms with Crippen LogP contribution in [-0.4, -0.2) is 40.1 Å². The number of rotatable bonds is 6. The molecule has 0 saturated heterocycles. The molecule has 0 aliphatic carbocycles. The fraction of sp³-hybridized carbons (Fsp3) is 0.278. The summed E-state index contributed by atoms with van der Waals surface area (Å²) in [6.07, 6.45) is 3.65. The highest BCUT2D eigenvalue weighted by molar-refractivity contribution is 5.92. The average molecular weight is 373 g/mol. The molecule has 0 fully saturated rings. The Morgan fingerprint density at radius 1 is 1.37 bits per heavy atom. The Morgan fingerprint density at radius 2 is 2.15 bits per heavy atom. The molecule has 1 amide bonds. The number of amides is 1. The van der Waals surface area contributed by atoms with Gasteiger partial charge in [0.15, 0.2) is 0 Å². The average Bonchev–Trinajstić information content (AvgIpc) is 3.09. The number of hydrogen-bond acceptors (Lipinski definition) is 5. The molecular weight excluding hydrogens is 353 g/mol. The highest BCUT2D eigenvalue weighted by atomic mass is 19.1. The molecule has 0 radical (unpaired) electrons. The number of fused-ring (bicyclic) bond motifs is 1. The second-order valence-corrected chi connectivity index (χ2v) is 5.98. The molecule has 0 unspecified atom stereocenters. The third-order valence-electron chi connectivity index (χ3n) is 4.20. The highest BCUT2D eigenvalue weighted by Gasteiger charge is 2.17. The van der Waals surface area contributed by atoms with Gasteiger partial charge in [0.1, 0.15) is 17.3 Å². The lowest BCUT2D eigenvalue weighted by atomic mass is 10.1. The van der Waals surface area contributed by atoms with E-state index in [2.05, 4.69) is 10.3 Å². The quantitative estimate of drug-likeness (QED) is 0.626.